The summed E-state index contributed by atoms with van der Waals surface area (Å²) in [5.41, 5.74) is 6.70. The maximum atomic E-state index is 12.2. The number of fused-ring (bicyclic) bond motifs is 1. The minimum absolute atomic E-state index is 0. The van der Waals surface area contributed by atoms with E-state index in [4.69, 9.17) is 5.73 Å². The van der Waals surface area contributed by atoms with Crippen LogP contribution in [0.1, 0.15) is 0 Å². The summed E-state index contributed by atoms with van der Waals surface area (Å²) in [6.45, 7) is -0.810. The van der Waals surface area contributed by atoms with Gasteiger partial charge in [0, 0.05) is 16.5 Å². The molecule has 0 bridgehead atoms. The third-order valence-corrected chi connectivity index (χ3v) is 7.32. The molecule has 0 aromatic heterocycles. The Morgan fingerprint density at radius 1 is 0.771 bits per heavy atom. The third kappa shape index (κ3) is 8.84. The molecular weight excluding hydrogens is 544 g/mol. The Balaban J connectivity index is 0.00000306. The Morgan fingerprint density at radius 3 is 1.94 bits per heavy atom. The van der Waals surface area contributed by atoms with Crippen molar-refractivity contribution >= 4 is 58.2 Å². The molecule has 3 aromatic carbocycles. The van der Waals surface area contributed by atoms with Crippen molar-refractivity contribution < 1.29 is 97.7 Å². The van der Waals surface area contributed by atoms with E-state index in [1.54, 1.807) is 0 Å². The molecule has 0 atom stereocenters. The van der Waals surface area contributed by atoms with E-state index < -0.39 is 47.6 Å². The van der Waals surface area contributed by atoms with E-state index in [0.717, 1.165) is 12.1 Å². The molecule has 0 unspecified atom stereocenters. The van der Waals surface area contributed by atoms with Crippen molar-refractivity contribution in [2.75, 3.05) is 18.1 Å². The number of hydrogen-bond acceptors (Lipinski definition) is 12. The monoisotopic (exact) mass is 559 g/mol. The van der Waals surface area contributed by atoms with E-state index in [9.17, 15) is 34.4 Å². The number of sulfone groups is 1. The van der Waals surface area contributed by atoms with Gasteiger partial charge >= 0.3 is 59.1 Å². The van der Waals surface area contributed by atoms with E-state index in [1.165, 1.54) is 42.5 Å². The zero-order valence-electron chi connectivity index (χ0n) is 18.5. The summed E-state index contributed by atoms with van der Waals surface area (Å²) in [5, 5.41) is 8.83. The van der Waals surface area contributed by atoms with Crippen LogP contribution in [0, 0.1) is 0 Å². The summed E-state index contributed by atoms with van der Waals surface area (Å²) in [7, 11) is -13.6. The van der Waals surface area contributed by atoms with Crippen LogP contribution < -0.4 is 64.8 Å². The molecule has 0 amide bonds. The van der Waals surface area contributed by atoms with Crippen LogP contribution in [-0.4, -0.2) is 46.7 Å². The molecule has 0 radical (unpaired) electrons. The Bertz CT molecular complexity index is 1560. The number of anilines is 1. The van der Waals surface area contributed by atoms with E-state index in [0.29, 0.717) is 16.5 Å². The third-order valence-electron chi connectivity index (χ3n) is 4.34. The molecule has 3 rings (SSSR count). The first-order valence-corrected chi connectivity index (χ1v) is 13.3. The second kappa shape index (κ2) is 12.5. The molecule has 176 valence electrons. The largest absolute Gasteiger partial charge is 1.00 e. The van der Waals surface area contributed by atoms with Crippen LogP contribution in [0.2, 0.25) is 0 Å². The number of benzene rings is 3. The molecule has 0 fully saturated rings. The average Bonchev–Trinajstić information content (AvgIpc) is 2.72. The molecule has 0 aliphatic rings. The summed E-state index contributed by atoms with van der Waals surface area (Å²) >= 11 is 0. The Labute approximate surface area is 246 Å². The normalized spacial score (nSPS) is 12.3. The van der Waals surface area contributed by atoms with Crippen LogP contribution in [0.4, 0.5) is 17.1 Å². The molecule has 17 heteroatoms. The Kier molecular flexibility index (Phi) is 11.5. The summed E-state index contributed by atoms with van der Waals surface area (Å²) in [6, 6.07) is 11.8. The maximum Gasteiger partial charge on any atom is 1.00 e. The minimum atomic E-state index is -4.99. The van der Waals surface area contributed by atoms with Gasteiger partial charge in [0.05, 0.1) is 33.5 Å². The Morgan fingerprint density at radius 2 is 1.37 bits per heavy atom. The molecule has 2 N–H and O–H groups in total. The number of azo groups is 1. The van der Waals surface area contributed by atoms with Crippen molar-refractivity contribution in [3.63, 3.8) is 0 Å². The van der Waals surface area contributed by atoms with Crippen molar-refractivity contribution in [1.29, 1.82) is 0 Å². The molecule has 3 aromatic rings. The zero-order valence-corrected chi connectivity index (χ0v) is 24.9. The molecule has 0 saturated heterocycles. The van der Waals surface area contributed by atoms with Gasteiger partial charge in [0.25, 0.3) is 0 Å². The molecule has 0 aliphatic heterocycles. The van der Waals surface area contributed by atoms with Gasteiger partial charge in [-0.05, 0) is 48.5 Å². The summed E-state index contributed by atoms with van der Waals surface area (Å²) in [6.07, 6.45) is 0. The van der Waals surface area contributed by atoms with Crippen LogP contribution in [0.5, 0.6) is 0 Å². The average molecular weight is 560 g/mol. The van der Waals surface area contributed by atoms with Gasteiger partial charge in [-0.15, -0.1) is 5.11 Å². The molecule has 35 heavy (non-hydrogen) atoms. The van der Waals surface area contributed by atoms with Crippen molar-refractivity contribution in [3.8, 4) is 0 Å². The minimum Gasteiger partial charge on any atom is -0.744 e. The van der Waals surface area contributed by atoms with Gasteiger partial charge in [-0.3, -0.25) is 4.18 Å². The van der Waals surface area contributed by atoms with Gasteiger partial charge in [0.15, 0.2) is 9.84 Å². The van der Waals surface area contributed by atoms with Crippen LogP contribution in [0.25, 0.3) is 10.8 Å². The first-order chi connectivity index (χ1) is 15.3. The predicted molar refractivity (Wildman–Crippen MR) is 115 cm³/mol. The fourth-order valence-corrected chi connectivity index (χ4v) is 4.75. The second-order valence-corrected chi connectivity index (χ2v) is 11.1. The fraction of sp³-hybridized carbons (Fsp3) is 0.111. The maximum absolute atomic E-state index is 12.2. The summed E-state index contributed by atoms with van der Waals surface area (Å²) < 4.78 is 93.2. The number of nitrogens with two attached hydrogens (primary N) is 1. The summed E-state index contributed by atoms with van der Waals surface area (Å²) in [5.74, 6) is -0.714. The van der Waals surface area contributed by atoms with Gasteiger partial charge in [0.2, 0.25) is 10.4 Å². The van der Waals surface area contributed by atoms with Gasteiger partial charge < -0.3 is 14.8 Å². The van der Waals surface area contributed by atoms with Gasteiger partial charge in [-0.25, -0.2) is 25.3 Å². The van der Waals surface area contributed by atoms with Crippen molar-refractivity contribution in [3.05, 3.63) is 54.6 Å². The summed E-state index contributed by atoms with van der Waals surface area (Å²) in [4.78, 5) is -0.580. The quantitative estimate of drug-likeness (QED) is 0.0929. The Hall–Kier alpha value is -0.950. The molecule has 12 nitrogen and oxygen atoms in total. The van der Waals surface area contributed by atoms with Crippen LogP contribution in [0.3, 0.4) is 0 Å². The number of rotatable bonds is 8. The topological polar surface area (TPSA) is 209 Å². The molecule has 0 heterocycles. The number of nitrogens with zero attached hydrogens (tertiary/aromatic N) is 2. The molecular formula is C18H15N3Na2O9S3. The van der Waals surface area contributed by atoms with Crippen molar-refractivity contribution in [2.24, 2.45) is 10.2 Å². The second-order valence-electron chi connectivity index (χ2n) is 6.58. The van der Waals surface area contributed by atoms with E-state index >= 15 is 0 Å². The van der Waals surface area contributed by atoms with Crippen LogP contribution in [-0.2, 0) is 34.5 Å². The fourth-order valence-electron chi connectivity index (χ4n) is 2.77. The van der Waals surface area contributed by atoms with E-state index in [2.05, 4.69) is 14.4 Å². The first kappa shape index (κ1) is 32.1. The SMILES string of the molecule is Nc1ccc(N=Nc2ccc(S(=O)(=O)CCOS(=O)(=O)[O-])cc2)c2ccc(S(=O)(=O)[O-])cc12.[Na+].[Na+]. The van der Waals surface area contributed by atoms with Crippen LogP contribution in [0.15, 0.2) is 74.6 Å². The first-order valence-electron chi connectivity index (χ1n) is 8.89. The molecule has 0 spiro atoms. The van der Waals surface area contributed by atoms with Gasteiger partial charge in [-0.1, -0.05) is 6.07 Å². The number of nitrogen functional groups attached to an aromatic ring is 1. The van der Waals surface area contributed by atoms with Gasteiger partial charge in [0.1, 0.15) is 10.1 Å². The zero-order chi connectivity index (χ0) is 24.4. The van der Waals surface area contributed by atoms with E-state index in [-0.39, 0.29) is 75.4 Å². The predicted octanol–water partition coefficient (Wildman–Crippen LogP) is -4.00. The molecule has 0 saturated carbocycles. The molecule has 0 aliphatic carbocycles. The van der Waals surface area contributed by atoms with E-state index in [1.807, 2.05) is 0 Å². The standard InChI is InChI=1S/C18H17N3O9S3.2Na/c19-17-7-8-18(15-6-5-14(11-16(15)17)32(24,25)26)21-20-12-1-3-13(4-2-12)31(22,23)10-9-30-33(27,28)29;;/h1-8,11H,9-10,19H2,(H,24,25,26)(H,27,28,29);;/q;2*+1/p-2. The smallest absolute Gasteiger partial charge is 0.744 e. The van der Waals surface area contributed by atoms with Crippen molar-refractivity contribution in [1.82, 2.24) is 0 Å². The number of hydrogen-bond donors (Lipinski definition) is 1. The van der Waals surface area contributed by atoms with Crippen LogP contribution >= 0.6 is 0 Å². The van der Waals surface area contributed by atoms with Crippen molar-refractivity contribution in [2.45, 2.75) is 9.79 Å². The van der Waals surface area contributed by atoms with Gasteiger partial charge in [-0.2, -0.15) is 5.11 Å².